The highest BCUT2D eigenvalue weighted by atomic mass is 35.5. The van der Waals surface area contributed by atoms with E-state index in [-0.39, 0.29) is 24.9 Å². The van der Waals surface area contributed by atoms with Crippen molar-refractivity contribution in [2.75, 3.05) is 57.5 Å². The molecule has 0 spiro atoms. The Labute approximate surface area is 208 Å². The van der Waals surface area contributed by atoms with Crippen molar-refractivity contribution >= 4 is 56.6 Å². The quantitative estimate of drug-likeness (QED) is 0.421. The fourth-order valence-corrected chi connectivity index (χ4v) is 4.70. The van der Waals surface area contributed by atoms with Gasteiger partial charge in [0.05, 0.1) is 30.0 Å². The number of morpholine rings is 1. The molecule has 1 aliphatic rings. The summed E-state index contributed by atoms with van der Waals surface area (Å²) >= 11 is 7.59. The van der Waals surface area contributed by atoms with Crippen LogP contribution < -0.4 is 14.4 Å². The second-order valence-corrected chi connectivity index (χ2v) is 8.75. The smallest absolute Gasteiger partial charge is 0.266 e. The number of ether oxygens (including phenoxy) is 3. The largest absolute Gasteiger partial charge is 0.494 e. The van der Waals surface area contributed by atoms with Crippen LogP contribution in [0.1, 0.15) is 6.92 Å². The summed E-state index contributed by atoms with van der Waals surface area (Å²) < 4.78 is 17.6. The van der Waals surface area contributed by atoms with Crippen molar-refractivity contribution in [3.8, 4) is 11.5 Å². The molecule has 3 aromatic rings. The Kier molecular flexibility index (Phi) is 9.58. The number of carbonyl (C=O) groups excluding carboxylic acids is 1. The summed E-state index contributed by atoms with van der Waals surface area (Å²) in [4.78, 5) is 21.9. The molecule has 7 nitrogen and oxygen atoms in total. The minimum absolute atomic E-state index is 0. The number of nitrogens with zero attached hydrogens (tertiary/aromatic N) is 3. The van der Waals surface area contributed by atoms with Crippen LogP contribution in [0.5, 0.6) is 11.5 Å². The van der Waals surface area contributed by atoms with Gasteiger partial charge in [0.15, 0.2) is 11.7 Å². The topological polar surface area (TPSA) is 64.1 Å². The number of aromatic nitrogens is 1. The monoisotopic (exact) mass is 511 g/mol. The zero-order valence-corrected chi connectivity index (χ0v) is 20.8. The van der Waals surface area contributed by atoms with Crippen LogP contribution in [0.4, 0.5) is 5.13 Å². The Morgan fingerprint density at radius 1 is 1.15 bits per heavy atom. The molecule has 0 N–H and O–H groups in total. The van der Waals surface area contributed by atoms with Crippen molar-refractivity contribution in [1.29, 1.82) is 0 Å². The predicted molar refractivity (Wildman–Crippen MR) is 135 cm³/mol. The number of hydrogen-bond acceptors (Lipinski definition) is 7. The van der Waals surface area contributed by atoms with Gasteiger partial charge in [0, 0.05) is 31.2 Å². The maximum absolute atomic E-state index is 13.2. The summed E-state index contributed by atoms with van der Waals surface area (Å²) in [7, 11) is 0. The van der Waals surface area contributed by atoms with Crippen LogP contribution in [0.15, 0.2) is 42.5 Å². The molecule has 10 heteroatoms. The Morgan fingerprint density at radius 3 is 2.55 bits per heavy atom. The third-order valence-corrected chi connectivity index (χ3v) is 6.39. The molecular weight excluding hydrogens is 485 g/mol. The van der Waals surface area contributed by atoms with Crippen molar-refractivity contribution in [3.05, 3.63) is 47.5 Å². The van der Waals surface area contributed by atoms with Crippen LogP contribution in [0.25, 0.3) is 10.2 Å². The highest BCUT2D eigenvalue weighted by Crippen LogP contribution is 2.31. The van der Waals surface area contributed by atoms with Crippen molar-refractivity contribution < 1.29 is 19.0 Å². The first kappa shape index (κ1) is 25.5. The lowest BCUT2D eigenvalue weighted by Gasteiger charge is -2.29. The number of anilines is 1. The van der Waals surface area contributed by atoms with Crippen LogP contribution in [0.2, 0.25) is 5.02 Å². The maximum Gasteiger partial charge on any atom is 0.266 e. The third-order valence-electron chi connectivity index (χ3n) is 5.11. The summed E-state index contributed by atoms with van der Waals surface area (Å²) in [5, 5.41) is 1.30. The number of benzene rings is 2. The van der Waals surface area contributed by atoms with E-state index in [2.05, 4.69) is 9.88 Å². The number of thiazole rings is 1. The minimum atomic E-state index is -0.141. The van der Waals surface area contributed by atoms with E-state index in [0.29, 0.717) is 42.3 Å². The molecule has 0 bridgehead atoms. The highest BCUT2D eigenvalue weighted by molar-refractivity contribution is 7.22. The predicted octanol–water partition coefficient (Wildman–Crippen LogP) is 4.51. The number of carbonyl (C=O) groups is 1. The van der Waals surface area contributed by atoms with Gasteiger partial charge in [-0.3, -0.25) is 14.6 Å². The molecular formula is C23H27Cl2N3O4S. The molecule has 0 saturated carbocycles. The zero-order chi connectivity index (χ0) is 22.3. The van der Waals surface area contributed by atoms with E-state index in [1.165, 1.54) is 11.3 Å². The van der Waals surface area contributed by atoms with Gasteiger partial charge in [-0.1, -0.05) is 22.9 Å². The zero-order valence-electron chi connectivity index (χ0n) is 18.4. The fourth-order valence-electron chi connectivity index (χ4n) is 3.42. The number of halogens is 2. The average molecular weight is 512 g/mol. The van der Waals surface area contributed by atoms with Crippen molar-refractivity contribution in [2.24, 2.45) is 0 Å². The number of amides is 1. The van der Waals surface area contributed by atoms with Crippen molar-refractivity contribution in [3.63, 3.8) is 0 Å². The van der Waals surface area contributed by atoms with E-state index in [1.807, 2.05) is 37.3 Å². The molecule has 1 aliphatic heterocycles. The van der Waals surface area contributed by atoms with Gasteiger partial charge in [-0.2, -0.15) is 0 Å². The van der Waals surface area contributed by atoms with Crippen LogP contribution >= 0.6 is 35.3 Å². The first-order valence-corrected chi connectivity index (χ1v) is 11.8. The van der Waals surface area contributed by atoms with Gasteiger partial charge in [0.25, 0.3) is 5.91 Å². The van der Waals surface area contributed by atoms with E-state index >= 15 is 0 Å². The van der Waals surface area contributed by atoms with Crippen LogP contribution in [-0.2, 0) is 9.53 Å². The first-order chi connectivity index (χ1) is 15.6. The SMILES string of the molecule is CCOc1ccc(OCC(=O)N(CCN2CCOCC2)c2nc3ccc(Cl)cc3s2)cc1.Cl. The van der Waals surface area contributed by atoms with E-state index in [1.54, 1.807) is 17.0 Å². The van der Waals surface area contributed by atoms with E-state index in [9.17, 15) is 4.79 Å². The average Bonchev–Trinajstić information content (AvgIpc) is 3.22. The molecule has 1 aromatic heterocycles. The number of hydrogen-bond donors (Lipinski definition) is 0. The fraction of sp³-hybridized carbons (Fsp3) is 0.391. The summed E-state index contributed by atoms with van der Waals surface area (Å²) in [5.41, 5.74) is 0.825. The summed E-state index contributed by atoms with van der Waals surface area (Å²) in [6.07, 6.45) is 0. The lowest BCUT2D eigenvalue weighted by Crippen LogP contribution is -2.44. The van der Waals surface area contributed by atoms with Crippen LogP contribution in [0.3, 0.4) is 0 Å². The Morgan fingerprint density at radius 2 is 1.85 bits per heavy atom. The second-order valence-electron chi connectivity index (χ2n) is 7.30. The van der Waals surface area contributed by atoms with Gasteiger partial charge in [-0.05, 0) is 49.4 Å². The van der Waals surface area contributed by atoms with Crippen LogP contribution in [0, 0.1) is 0 Å². The molecule has 4 rings (SSSR count). The molecule has 1 fully saturated rings. The standard InChI is InChI=1S/C23H26ClN3O4S.ClH/c1-2-30-18-4-6-19(7-5-18)31-16-22(28)27(10-9-26-11-13-29-14-12-26)23-25-20-8-3-17(24)15-21(20)32-23;/h3-8,15H,2,9-14,16H2,1H3;1H. The van der Waals surface area contributed by atoms with Gasteiger partial charge < -0.3 is 14.2 Å². The Balaban J connectivity index is 0.00000306. The van der Waals surface area contributed by atoms with Crippen molar-refractivity contribution in [1.82, 2.24) is 9.88 Å². The highest BCUT2D eigenvalue weighted by Gasteiger charge is 2.22. The summed E-state index contributed by atoms with van der Waals surface area (Å²) in [6, 6.07) is 12.8. The third kappa shape index (κ3) is 6.94. The molecule has 0 unspecified atom stereocenters. The first-order valence-electron chi connectivity index (χ1n) is 10.6. The van der Waals surface area contributed by atoms with Gasteiger partial charge in [0.1, 0.15) is 11.5 Å². The Hall–Kier alpha value is -2.10. The van der Waals surface area contributed by atoms with E-state index < -0.39 is 0 Å². The minimum Gasteiger partial charge on any atom is -0.494 e. The molecule has 33 heavy (non-hydrogen) atoms. The van der Waals surface area contributed by atoms with Gasteiger partial charge in [-0.25, -0.2) is 4.98 Å². The molecule has 0 aliphatic carbocycles. The normalized spacial score (nSPS) is 14.0. The molecule has 2 aromatic carbocycles. The molecule has 0 radical (unpaired) electrons. The number of fused-ring (bicyclic) bond motifs is 1. The van der Waals surface area contributed by atoms with Crippen LogP contribution in [-0.4, -0.2) is 68.4 Å². The number of rotatable bonds is 9. The lowest BCUT2D eigenvalue weighted by atomic mass is 10.3. The maximum atomic E-state index is 13.2. The van der Waals surface area contributed by atoms with Gasteiger partial charge >= 0.3 is 0 Å². The summed E-state index contributed by atoms with van der Waals surface area (Å²) in [6.45, 7) is 6.89. The van der Waals surface area contributed by atoms with Gasteiger partial charge in [0.2, 0.25) is 0 Å². The molecule has 1 saturated heterocycles. The van der Waals surface area contributed by atoms with E-state index in [0.717, 1.165) is 35.6 Å². The Bertz CT molecular complexity index is 1040. The van der Waals surface area contributed by atoms with Crippen molar-refractivity contribution in [2.45, 2.75) is 6.92 Å². The molecule has 2 heterocycles. The molecule has 1 amide bonds. The molecule has 178 valence electrons. The lowest BCUT2D eigenvalue weighted by molar-refractivity contribution is -0.120. The summed E-state index contributed by atoms with van der Waals surface area (Å²) in [5.74, 6) is 1.25. The second kappa shape index (κ2) is 12.4. The molecule has 0 atom stereocenters. The van der Waals surface area contributed by atoms with E-state index in [4.69, 9.17) is 25.8 Å². The van der Waals surface area contributed by atoms with Gasteiger partial charge in [-0.15, -0.1) is 12.4 Å².